The minimum atomic E-state index is 0.245. The highest BCUT2D eigenvalue weighted by Gasteiger charge is 2.10. The van der Waals surface area contributed by atoms with Crippen LogP contribution in [0.5, 0.6) is 0 Å². The Labute approximate surface area is 64.5 Å². The van der Waals surface area contributed by atoms with Crippen molar-refractivity contribution in [1.82, 2.24) is 5.32 Å². The van der Waals surface area contributed by atoms with Crippen LogP contribution >= 0.6 is 0 Å². The van der Waals surface area contributed by atoms with Crippen LogP contribution in [0.4, 0.5) is 0 Å². The van der Waals surface area contributed by atoms with E-state index in [2.05, 4.69) is 32.7 Å². The molecule has 0 bridgehead atoms. The molecular weight excluding hydrogens is 122 g/mol. The Morgan fingerprint density at radius 2 is 2.10 bits per heavy atom. The summed E-state index contributed by atoms with van der Waals surface area (Å²) in [5.74, 6) is 0. The standard InChI is InChI=1S/C9H19N/c1-5-7-10-8-9(3,4)6-2/h6,10H,2,5,7-8H2,1,3-4H3. The first-order chi connectivity index (χ1) is 4.62. The summed E-state index contributed by atoms with van der Waals surface area (Å²) in [5.41, 5.74) is 0.245. The van der Waals surface area contributed by atoms with Crippen LogP contribution in [0.15, 0.2) is 12.7 Å². The normalized spacial score (nSPS) is 11.5. The molecule has 0 fully saturated rings. The summed E-state index contributed by atoms with van der Waals surface area (Å²) >= 11 is 0. The van der Waals surface area contributed by atoms with E-state index < -0.39 is 0 Å². The van der Waals surface area contributed by atoms with Gasteiger partial charge in [-0.3, -0.25) is 0 Å². The van der Waals surface area contributed by atoms with E-state index in [0.29, 0.717) is 0 Å². The third-order valence-corrected chi connectivity index (χ3v) is 1.56. The molecule has 60 valence electrons. The molecule has 10 heavy (non-hydrogen) atoms. The molecule has 0 radical (unpaired) electrons. The highest BCUT2D eigenvalue weighted by Crippen LogP contribution is 2.13. The Kier molecular flexibility index (Phi) is 4.37. The summed E-state index contributed by atoms with van der Waals surface area (Å²) in [6.45, 7) is 12.5. The van der Waals surface area contributed by atoms with Crippen LogP contribution in [-0.2, 0) is 0 Å². The average molecular weight is 141 g/mol. The summed E-state index contributed by atoms with van der Waals surface area (Å²) < 4.78 is 0. The van der Waals surface area contributed by atoms with E-state index >= 15 is 0 Å². The predicted molar refractivity (Wildman–Crippen MR) is 47.1 cm³/mol. The second-order valence-corrected chi connectivity index (χ2v) is 3.37. The Balaban J connectivity index is 3.37. The molecule has 0 spiro atoms. The van der Waals surface area contributed by atoms with Gasteiger partial charge >= 0.3 is 0 Å². The van der Waals surface area contributed by atoms with Crippen molar-refractivity contribution in [2.45, 2.75) is 27.2 Å². The first-order valence-corrected chi connectivity index (χ1v) is 3.96. The lowest BCUT2D eigenvalue weighted by molar-refractivity contribution is 0.435. The monoisotopic (exact) mass is 141 g/mol. The molecular formula is C9H19N. The van der Waals surface area contributed by atoms with Crippen molar-refractivity contribution in [1.29, 1.82) is 0 Å². The zero-order chi connectivity index (χ0) is 8.04. The Morgan fingerprint density at radius 1 is 1.50 bits per heavy atom. The van der Waals surface area contributed by atoms with Gasteiger partial charge in [-0.2, -0.15) is 0 Å². The van der Waals surface area contributed by atoms with Gasteiger partial charge in [-0.05, 0) is 18.4 Å². The summed E-state index contributed by atoms with van der Waals surface area (Å²) in [6.07, 6.45) is 3.20. The smallest absolute Gasteiger partial charge is 0.00371 e. The molecule has 1 heteroatoms. The van der Waals surface area contributed by atoms with Gasteiger partial charge in [-0.15, -0.1) is 6.58 Å². The van der Waals surface area contributed by atoms with E-state index in [4.69, 9.17) is 0 Å². The maximum Gasteiger partial charge on any atom is 0.00371 e. The molecule has 0 aliphatic heterocycles. The molecule has 0 aliphatic carbocycles. The van der Waals surface area contributed by atoms with Crippen molar-refractivity contribution < 1.29 is 0 Å². The zero-order valence-electron chi connectivity index (χ0n) is 7.41. The maximum atomic E-state index is 3.77. The number of rotatable bonds is 5. The third-order valence-electron chi connectivity index (χ3n) is 1.56. The van der Waals surface area contributed by atoms with Crippen molar-refractivity contribution in [3.8, 4) is 0 Å². The van der Waals surface area contributed by atoms with Crippen molar-refractivity contribution in [3.05, 3.63) is 12.7 Å². The molecule has 0 rings (SSSR count). The lowest BCUT2D eigenvalue weighted by Crippen LogP contribution is -2.28. The lowest BCUT2D eigenvalue weighted by Gasteiger charge is -2.19. The Bertz CT molecular complexity index is 94.9. The van der Waals surface area contributed by atoms with Crippen LogP contribution in [0, 0.1) is 5.41 Å². The first kappa shape index (κ1) is 9.70. The topological polar surface area (TPSA) is 12.0 Å². The minimum absolute atomic E-state index is 0.245. The van der Waals surface area contributed by atoms with Gasteiger partial charge < -0.3 is 5.32 Å². The van der Waals surface area contributed by atoms with E-state index in [-0.39, 0.29) is 5.41 Å². The van der Waals surface area contributed by atoms with Crippen LogP contribution in [0.1, 0.15) is 27.2 Å². The summed E-state index contributed by atoms with van der Waals surface area (Å²) in [7, 11) is 0. The molecule has 0 saturated heterocycles. The Morgan fingerprint density at radius 3 is 2.50 bits per heavy atom. The molecule has 1 N–H and O–H groups in total. The highest BCUT2D eigenvalue weighted by atomic mass is 14.9. The molecule has 0 heterocycles. The fourth-order valence-corrected chi connectivity index (χ4v) is 0.660. The molecule has 0 aromatic carbocycles. The van der Waals surface area contributed by atoms with Gasteiger partial charge in [0.15, 0.2) is 0 Å². The van der Waals surface area contributed by atoms with Crippen molar-refractivity contribution >= 4 is 0 Å². The van der Waals surface area contributed by atoms with Crippen molar-refractivity contribution in [2.75, 3.05) is 13.1 Å². The van der Waals surface area contributed by atoms with Crippen LogP contribution in [-0.4, -0.2) is 13.1 Å². The van der Waals surface area contributed by atoms with E-state index in [0.717, 1.165) is 13.1 Å². The zero-order valence-corrected chi connectivity index (χ0v) is 7.41. The van der Waals surface area contributed by atoms with Gasteiger partial charge in [0, 0.05) is 6.54 Å². The third kappa shape index (κ3) is 4.57. The second kappa shape index (κ2) is 4.51. The molecule has 0 saturated carbocycles. The minimum Gasteiger partial charge on any atom is -0.316 e. The number of hydrogen-bond donors (Lipinski definition) is 1. The molecule has 0 aromatic heterocycles. The van der Waals surface area contributed by atoms with Crippen LogP contribution < -0.4 is 5.32 Å². The summed E-state index contributed by atoms with van der Waals surface area (Å²) in [5, 5.41) is 3.36. The molecule has 0 aliphatic rings. The number of nitrogens with one attached hydrogen (secondary N) is 1. The molecule has 0 aromatic rings. The molecule has 1 nitrogen and oxygen atoms in total. The largest absolute Gasteiger partial charge is 0.316 e. The van der Waals surface area contributed by atoms with Crippen molar-refractivity contribution in [2.24, 2.45) is 5.41 Å². The highest BCUT2D eigenvalue weighted by molar-refractivity contribution is 4.88. The van der Waals surface area contributed by atoms with Gasteiger partial charge in [0.25, 0.3) is 0 Å². The van der Waals surface area contributed by atoms with Gasteiger partial charge in [-0.25, -0.2) is 0 Å². The molecule has 0 amide bonds. The van der Waals surface area contributed by atoms with E-state index in [1.54, 1.807) is 0 Å². The van der Waals surface area contributed by atoms with E-state index in [1.807, 2.05) is 6.08 Å². The van der Waals surface area contributed by atoms with Crippen LogP contribution in [0.3, 0.4) is 0 Å². The predicted octanol–water partition coefficient (Wildman–Crippen LogP) is 2.20. The van der Waals surface area contributed by atoms with Crippen LogP contribution in [0.2, 0.25) is 0 Å². The van der Waals surface area contributed by atoms with E-state index in [1.165, 1.54) is 6.42 Å². The van der Waals surface area contributed by atoms with Gasteiger partial charge in [0.2, 0.25) is 0 Å². The fraction of sp³-hybridized carbons (Fsp3) is 0.778. The maximum absolute atomic E-state index is 3.77. The van der Waals surface area contributed by atoms with Gasteiger partial charge in [0.05, 0.1) is 0 Å². The average Bonchev–Trinajstić information content (AvgIpc) is 1.89. The molecule has 0 unspecified atom stereocenters. The van der Waals surface area contributed by atoms with Gasteiger partial charge in [-0.1, -0.05) is 26.8 Å². The lowest BCUT2D eigenvalue weighted by atomic mass is 9.94. The summed E-state index contributed by atoms with van der Waals surface area (Å²) in [4.78, 5) is 0. The quantitative estimate of drug-likeness (QED) is 0.457. The SMILES string of the molecule is C=CC(C)(C)CNCCC. The summed E-state index contributed by atoms with van der Waals surface area (Å²) in [6, 6.07) is 0. The van der Waals surface area contributed by atoms with E-state index in [9.17, 15) is 0 Å². The second-order valence-electron chi connectivity index (χ2n) is 3.37. The Hall–Kier alpha value is -0.300. The first-order valence-electron chi connectivity index (χ1n) is 3.96. The van der Waals surface area contributed by atoms with Crippen molar-refractivity contribution in [3.63, 3.8) is 0 Å². The van der Waals surface area contributed by atoms with Crippen LogP contribution in [0.25, 0.3) is 0 Å². The molecule has 0 atom stereocenters. The fourth-order valence-electron chi connectivity index (χ4n) is 0.660. The van der Waals surface area contributed by atoms with Gasteiger partial charge in [0.1, 0.15) is 0 Å². The number of hydrogen-bond acceptors (Lipinski definition) is 1.